The van der Waals surface area contributed by atoms with Crippen LogP contribution >= 0.6 is 0 Å². The molecule has 1 aliphatic rings. The van der Waals surface area contributed by atoms with Gasteiger partial charge in [0, 0.05) is 6.07 Å². The zero-order chi connectivity index (χ0) is 17.6. The second-order valence-electron chi connectivity index (χ2n) is 6.69. The van der Waals surface area contributed by atoms with Crippen LogP contribution in [0.2, 0.25) is 0 Å². The van der Waals surface area contributed by atoms with Crippen LogP contribution in [0.5, 0.6) is 0 Å². The van der Waals surface area contributed by atoms with Crippen molar-refractivity contribution >= 4 is 23.0 Å². The number of nitro groups is 1. The fourth-order valence-electron chi connectivity index (χ4n) is 3.07. The molecule has 2 aromatic rings. The van der Waals surface area contributed by atoms with Crippen LogP contribution in [0.4, 0.5) is 17.1 Å². The largest absolute Gasteiger partial charge is 0.393 e. The number of nitrogens with two attached hydrogens (primary N) is 1. The molecule has 6 nitrogen and oxygen atoms in total. The Morgan fingerprint density at radius 1 is 1.21 bits per heavy atom. The van der Waals surface area contributed by atoms with E-state index < -0.39 is 10.3 Å². The summed E-state index contributed by atoms with van der Waals surface area (Å²) in [6, 6.07) is 10.8. The lowest BCUT2D eigenvalue weighted by atomic mass is 9.86. The second kappa shape index (κ2) is 5.33. The summed E-state index contributed by atoms with van der Waals surface area (Å²) >= 11 is 0. The standard InChI is InChI=1S/C18H19N3O3/c1-11-4-6-12(7-5-11)10-20-15-9-16(21(23)24)14(19)8-13(15)18(2,3)17(20)22/h4-9H,10,19H2,1-3H3. The van der Waals surface area contributed by atoms with Crippen LogP contribution in [0.1, 0.15) is 30.5 Å². The van der Waals surface area contributed by atoms with E-state index in [2.05, 4.69) is 0 Å². The third-order valence-electron chi connectivity index (χ3n) is 4.55. The lowest BCUT2D eigenvalue weighted by Crippen LogP contribution is -2.35. The molecule has 0 atom stereocenters. The molecule has 0 radical (unpaired) electrons. The molecule has 24 heavy (non-hydrogen) atoms. The van der Waals surface area contributed by atoms with E-state index in [1.54, 1.807) is 11.0 Å². The SMILES string of the molecule is Cc1ccc(CN2C(=O)C(C)(C)c3cc(N)c([N+](=O)[O-])cc32)cc1. The molecule has 124 valence electrons. The highest BCUT2D eigenvalue weighted by Gasteiger charge is 2.45. The maximum Gasteiger partial charge on any atom is 0.294 e. The molecule has 6 heteroatoms. The summed E-state index contributed by atoms with van der Waals surface area (Å²) in [5.74, 6) is -0.0852. The summed E-state index contributed by atoms with van der Waals surface area (Å²) in [7, 11) is 0. The van der Waals surface area contributed by atoms with E-state index in [1.165, 1.54) is 6.07 Å². The topological polar surface area (TPSA) is 89.5 Å². The highest BCUT2D eigenvalue weighted by atomic mass is 16.6. The summed E-state index contributed by atoms with van der Waals surface area (Å²) in [6.07, 6.45) is 0. The number of nitrogen functional groups attached to an aromatic ring is 1. The fraction of sp³-hybridized carbons (Fsp3) is 0.278. The van der Waals surface area contributed by atoms with Crippen LogP contribution in [-0.4, -0.2) is 10.8 Å². The van der Waals surface area contributed by atoms with Gasteiger partial charge in [-0.15, -0.1) is 0 Å². The number of hydrogen-bond donors (Lipinski definition) is 1. The number of anilines is 2. The number of carbonyl (C=O) groups is 1. The Labute approximate surface area is 140 Å². The molecule has 2 N–H and O–H groups in total. The molecule has 1 aliphatic heterocycles. The van der Waals surface area contributed by atoms with Crippen molar-refractivity contribution in [1.82, 2.24) is 0 Å². The maximum atomic E-state index is 12.9. The normalized spacial score (nSPS) is 15.5. The first kappa shape index (κ1) is 16.0. The molecule has 0 bridgehead atoms. The smallest absolute Gasteiger partial charge is 0.294 e. The van der Waals surface area contributed by atoms with Gasteiger partial charge in [0.1, 0.15) is 5.69 Å². The van der Waals surface area contributed by atoms with Crippen molar-refractivity contribution in [2.75, 3.05) is 10.6 Å². The molecule has 0 aromatic heterocycles. The van der Waals surface area contributed by atoms with Crippen molar-refractivity contribution < 1.29 is 9.72 Å². The molecular formula is C18H19N3O3. The monoisotopic (exact) mass is 325 g/mol. The second-order valence-corrected chi connectivity index (χ2v) is 6.69. The molecule has 1 heterocycles. The van der Waals surface area contributed by atoms with E-state index in [1.807, 2.05) is 45.0 Å². The summed E-state index contributed by atoms with van der Waals surface area (Å²) < 4.78 is 0. The molecule has 3 rings (SSSR count). The van der Waals surface area contributed by atoms with Crippen molar-refractivity contribution in [3.05, 3.63) is 63.2 Å². The number of fused-ring (bicyclic) bond motifs is 1. The molecule has 0 aliphatic carbocycles. The van der Waals surface area contributed by atoms with Gasteiger partial charge in [-0.3, -0.25) is 14.9 Å². The number of rotatable bonds is 3. The number of hydrogen-bond acceptors (Lipinski definition) is 4. The summed E-state index contributed by atoms with van der Waals surface area (Å²) in [4.78, 5) is 25.1. The number of benzene rings is 2. The highest BCUT2D eigenvalue weighted by Crippen LogP contribution is 2.45. The molecule has 0 fully saturated rings. The average molecular weight is 325 g/mol. The lowest BCUT2D eigenvalue weighted by Gasteiger charge is -2.20. The molecule has 1 amide bonds. The Hall–Kier alpha value is -2.89. The first-order valence-corrected chi connectivity index (χ1v) is 7.67. The Bertz CT molecular complexity index is 841. The zero-order valence-corrected chi connectivity index (χ0v) is 13.9. The van der Waals surface area contributed by atoms with Crippen LogP contribution in [-0.2, 0) is 16.8 Å². The van der Waals surface area contributed by atoms with E-state index in [9.17, 15) is 14.9 Å². The molecule has 0 spiro atoms. The predicted molar refractivity (Wildman–Crippen MR) is 92.9 cm³/mol. The zero-order valence-electron chi connectivity index (χ0n) is 13.9. The first-order chi connectivity index (χ1) is 11.2. The van der Waals surface area contributed by atoms with Gasteiger partial charge in [-0.25, -0.2) is 0 Å². The van der Waals surface area contributed by atoms with Gasteiger partial charge < -0.3 is 10.6 Å². The van der Waals surface area contributed by atoms with Crippen LogP contribution in [0.15, 0.2) is 36.4 Å². The number of aryl methyl sites for hydroxylation is 1. The van der Waals surface area contributed by atoms with Gasteiger partial charge in [0.15, 0.2) is 0 Å². The van der Waals surface area contributed by atoms with E-state index in [4.69, 9.17) is 5.73 Å². The minimum Gasteiger partial charge on any atom is -0.393 e. The molecule has 2 aromatic carbocycles. The van der Waals surface area contributed by atoms with E-state index in [0.717, 1.165) is 16.7 Å². The predicted octanol–water partition coefficient (Wildman–Crippen LogP) is 3.31. The summed E-state index contributed by atoms with van der Waals surface area (Å²) in [6.45, 7) is 6.00. The Morgan fingerprint density at radius 2 is 1.83 bits per heavy atom. The van der Waals surface area contributed by atoms with Gasteiger partial charge >= 0.3 is 0 Å². The fourth-order valence-corrected chi connectivity index (χ4v) is 3.07. The van der Waals surface area contributed by atoms with Crippen LogP contribution in [0.3, 0.4) is 0 Å². The molecular weight excluding hydrogens is 306 g/mol. The number of amides is 1. The average Bonchev–Trinajstić information content (AvgIpc) is 2.69. The summed E-state index contributed by atoms with van der Waals surface area (Å²) in [5.41, 5.74) is 8.34. The van der Waals surface area contributed by atoms with Gasteiger partial charge in [0.2, 0.25) is 5.91 Å². The Kier molecular flexibility index (Phi) is 3.55. The Morgan fingerprint density at radius 3 is 2.42 bits per heavy atom. The van der Waals surface area contributed by atoms with Gasteiger partial charge in [-0.05, 0) is 38.0 Å². The third-order valence-corrected chi connectivity index (χ3v) is 4.55. The molecule has 0 saturated heterocycles. The number of nitrogens with zero attached hydrogens (tertiary/aromatic N) is 2. The molecule has 0 saturated carbocycles. The lowest BCUT2D eigenvalue weighted by molar-refractivity contribution is -0.383. The van der Waals surface area contributed by atoms with Gasteiger partial charge in [-0.2, -0.15) is 0 Å². The minimum atomic E-state index is -0.761. The Balaban J connectivity index is 2.09. The van der Waals surface area contributed by atoms with Crippen molar-refractivity contribution in [3.63, 3.8) is 0 Å². The van der Waals surface area contributed by atoms with Crippen LogP contribution in [0.25, 0.3) is 0 Å². The quantitative estimate of drug-likeness (QED) is 0.532. The van der Waals surface area contributed by atoms with E-state index >= 15 is 0 Å². The van der Waals surface area contributed by atoms with Gasteiger partial charge in [-0.1, -0.05) is 29.8 Å². The number of nitro benzene ring substituents is 1. The van der Waals surface area contributed by atoms with Crippen LogP contribution in [0, 0.1) is 17.0 Å². The minimum absolute atomic E-state index is 0.0804. The summed E-state index contributed by atoms with van der Waals surface area (Å²) in [5, 5.41) is 11.2. The van der Waals surface area contributed by atoms with Crippen molar-refractivity contribution in [1.29, 1.82) is 0 Å². The molecule has 0 unspecified atom stereocenters. The van der Waals surface area contributed by atoms with Gasteiger partial charge in [0.25, 0.3) is 5.69 Å². The van der Waals surface area contributed by atoms with Crippen LogP contribution < -0.4 is 10.6 Å². The van der Waals surface area contributed by atoms with Crippen molar-refractivity contribution in [3.8, 4) is 0 Å². The first-order valence-electron chi connectivity index (χ1n) is 7.67. The van der Waals surface area contributed by atoms with Crippen molar-refractivity contribution in [2.24, 2.45) is 0 Å². The highest BCUT2D eigenvalue weighted by molar-refractivity contribution is 6.08. The van der Waals surface area contributed by atoms with E-state index in [-0.39, 0.29) is 17.3 Å². The van der Waals surface area contributed by atoms with E-state index in [0.29, 0.717) is 12.2 Å². The number of carbonyl (C=O) groups excluding carboxylic acids is 1. The third kappa shape index (κ3) is 2.40. The van der Waals surface area contributed by atoms with Crippen molar-refractivity contribution in [2.45, 2.75) is 32.7 Å². The maximum absolute atomic E-state index is 12.9. The van der Waals surface area contributed by atoms with Gasteiger partial charge in [0.05, 0.1) is 22.6 Å².